The number of nitrogens with zero attached hydrogens (tertiary/aromatic N) is 4. The van der Waals surface area contributed by atoms with Crippen LogP contribution in [0.4, 0.5) is 0 Å². The summed E-state index contributed by atoms with van der Waals surface area (Å²) < 4.78 is 0. The molecule has 1 atom stereocenters. The largest absolute Gasteiger partial charge is 0.392 e. The third-order valence-electron chi connectivity index (χ3n) is 5.85. The molecular weight excluding hydrogens is 316 g/mol. The van der Waals surface area contributed by atoms with Gasteiger partial charge in [-0.3, -0.25) is 14.7 Å². The van der Waals surface area contributed by atoms with E-state index >= 15 is 0 Å². The number of likely N-dealkylation sites (tertiary alicyclic amines) is 1. The van der Waals surface area contributed by atoms with Crippen molar-refractivity contribution < 1.29 is 9.90 Å². The SMILES string of the molecule is C[C@@H](C1CCN(C(=O)c2cc(CO)ccn2)CC1)N1CCN(C)CC1. The lowest BCUT2D eigenvalue weighted by molar-refractivity contribution is 0.0496. The van der Waals surface area contributed by atoms with Crippen LogP contribution in [0.25, 0.3) is 0 Å². The van der Waals surface area contributed by atoms with E-state index in [4.69, 9.17) is 0 Å². The third-order valence-corrected chi connectivity index (χ3v) is 5.85. The van der Waals surface area contributed by atoms with Gasteiger partial charge >= 0.3 is 0 Å². The van der Waals surface area contributed by atoms with E-state index < -0.39 is 0 Å². The molecule has 1 aromatic rings. The number of aromatic nitrogens is 1. The van der Waals surface area contributed by atoms with Crippen LogP contribution in [0.1, 0.15) is 35.8 Å². The predicted octanol–water partition coefficient (Wildman–Crippen LogP) is 1.06. The summed E-state index contributed by atoms with van der Waals surface area (Å²) in [6, 6.07) is 4.02. The highest BCUT2D eigenvalue weighted by molar-refractivity contribution is 5.92. The standard InChI is InChI=1S/C19H30N4O2/c1-15(22-11-9-21(2)10-12-22)17-4-7-23(8-5-17)19(25)18-13-16(14-24)3-6-20-18/h3,6,13,15,17,24H,4-5,7-12,14H2,1-2H3/t15-/m0/s1. The molecule has 6 nitrogen and oxygen atoms in total. The van der Waals surface area contributed by atoms with Gasteiger partial charge in [-0.1, -0.05) is 0 Å². The minimum Gasteiger partial charge on any atom is -0.392 e. The molecule has 3 rings (SSSR count). The number of likely N-dealkylation sites (N-methyl/N-ethyl adjacent to an activating group) is 1. The number of hydrogen-bond acceptors (Lipinski definition) is 5. The molecule has 2 aliphatic rings. The molecule has 0 unspecified atom stereocenters. The van der Waals surface area contributed by atoms with E-state index in [0.717, 1.165) is 57.7 Å². The molecule has 2 aliphatic heterocycles. The highest BCUT2D eigenvalue weighted by atomic mass is 16.3. The number of hydrogen-bond donors (Lipinski definition) is 1. The molecule has 0 aromatic carbocycles. The van der Waals surface area contributed by atoms with Crippen molar-refractivity contribution in [1.82, 2.24) is 19.7 Å². The van der Waals surface area contributed by atoms with Crippen LogP contribution in [0.3, 0.4) is 0 Å². The van der Waals surface area contributed by atoms with Gasteiger partial charge in [0.15, 0.2) is 0 Å². The Morgan fingerprint density at radius 3 is 2.56 bits per heavy atom. The number of carbonyl (C=O) groups is 1. The summed E-state index contributed by atoms with van der Waals surface area (Å²) in [5.41, 5.74) is 1.18. The van der Waals surface area contributed by atoms with E-state index in [0.29, 0.717) is 17.7 Å². The van der Waals surface area contributed by atoms with Crippen LogP contribution < -0.4 is 0 Å². The Balaban J connectivity index is 1.53. The molecule has 1 N–H and O–H groups in total. The molecule has 0 saturated carbocycles. The first-order chi connectivity index (χ1) is 12.1. The van der Waals surface area contributed by atoms with Crippen molar-refractivity contribution in [2.45, 2.75) is 32.4 Å². The van der Waals surface area contributed by atoms with Crippen LogP contribution in [0.5, 0.6) is 0 Å². The lowest BCUT2D eigenvalue weighted by Crippen LogP contribution is -2.52. The molecule has 0 bridgehead atoms. The van der Waals surface area contributed by atoms with E-state index in [1.807, 2.05) is 4.90 Å². The third kappa shape index (κ3) is 4.37. The van der Waals surface area contributed by atoms with Crippen molar-refractivity contribution in [2.75, 3.05) is 46.3 Å². The zero-order chi connectivity index (χ0) is 17.8. The van der Waals surface area contributed by atoms with Gasteiger partial charge in [0.25, 0.3) is 5.91 Å². The van der Waals surface area contributed by atoms with Gasteiger partial charge in [0.05, 0.1) is 6.61 Å². The van der Waals surface area contributed by atoms with E-state index in [-0.39, 0.29) is 12.5 Å². The molecule has 25 heavy (non-hydrogen) atoms. The molecule has 0 radical (unpaired) electrons. The molecule has 6 heteroatoms. The summed E-state index contributed by atoms with van der Waals surface area (Å²) in [5.74, 6) is 0.644. The fourth-order valence-corrected chi connectivity index (χ4v) is 3.96. The second-order valence-corrected chi connectivity index (χ2v) is 7.42. The molecular formula is C19H30N4O2. The topological polar surface area (TPSA) is 59.9 Å². The molecule has 2 fully saturated rings. The first kappa shape index (κ1) is 18.3. The minimum atomic E-state index is -0.0621. The van der Waals surface area contributed by atoms with Crippen molar-refractivity contribution in [1.29, 1.82) is 0 Å². The number of amides is 1. The number of carbonyl (C=O) groups excluding carboxylic acids is 1. The van der Waals surface area contributed by atoms with Crippen LogP contribution in [0.2, 0.25) is 0 Å². The quantitative estimate of drug-likeness (QED) is 0.883. The van der Waals surface area contributed by atoms with Crippen molar-refractivity contribution in [2.24, 2.45) is 5.92 Å². The fraction of sp³-hybridized carbons (Fsp3) is 0.684. The van der Waals surface area contributed by atoms with Crippen LogP contribution >= 0.6 is 0 Å². The summed E-state index contributed by atoms with van der Waals surface area (Å²) in [4.78, 5) is 23.7. The monoisotopic (exact) mass is 346 g/mol. The highest BCUT2D eigenvalue weighted by Gasteiger charge is 2.31. The molecule has 3 heterocycles. The molecule has 0 aliphatic carbocycles. The Morgan fingerprint density at radius 1 is 1.24 bits per heavy atom. The number of piperazine rings is 1. The van der Waals surface area contributed by atoms with Crippen molar-refractivity contribution in [3.8, 4) is 0 Å². The van der Waals surface area contributed by atoms with Gasteiger partial charge in [-0.2, -0.15) is 0 Å². The van der Waals surface area contributed by atoms with Crippen LogP contribution in [0, 0.1) is 5.92 Å². The molecule has 2 saturated heterocycles. The zero-order valence-corrected chi connectivity index (χ0v) is 15.4. The lowest BCUT2D eigenvalue weighted by atomic mass is 9.89. The smallest absolute Gasteiger partial charge is 0.272 e. The number of aliphatic hydroxyl groups is 1. The van der Waals surface area contributed by atoms with Gasteiger partial charge in [0.2, 0.25) is 0 Å². The summed E-state index contributed by atoms with van der Waals surface area (Å²) in [6.07, 6.45) is 3.71. The van der Waals surface area contributed by atoms with Gasteiger partial charge in [-0.15, -0.1) is 0 Å². The minimum absolute atomic E-state index is 0.0130. The number of pyridine rings is 1. The molecule has 1 aromatic heterocycles. The Kier molecular flexibility index (Phi) is 6.04. The van der Waals surface area contributed by atoms with Gasteiger partial charge in [-0.25, -0.2) is 0 Å². The Bertz CT molecular complexity index is 579. The lowest BCUT2D eigenvalue weighted by Gasteiger charge is -2.42. The maximum absolute atomic E-state index is 12.6. The van der Waals surface area contributed by atoms with Crippen molar-refractivity contribution in [3.63, 3.8) is 0 Å². The molecule has 0 spiro atoms. The van der Waals surface area contributed by atoms with E-state index in [9.17, 15) is 9.90 Å². The van der Waals surface area contributed by atoms with Crippen LogP contribution in [0.15, 0.2) is 18.3 Å². The average molecular weight is 346 g/mol. The van der Waals surface area contributed by atoms with Crippen molar-refractivity contribution in [3.05, 3.63) is 29.6 Å². The first-order valence-corrected chi connectivity index (χ1v) is 9.36. The summed E-state index contributed by atoms with van der Waals surface area (Å²) in [6.45, 7) is 8.47. The second kappa shape index (κ2) is 8.25. The second-order valence-electron chi connectivity index (χ2n) is 7.42. The summed E-state index contributed by atoms with van der Waals surface area (Å²) in [5, 5.41) is 9.23. The van der Waals surface area contributed by atoms with E-state index in [2.05, 4.69) is 28.8 Å². The number of aliphatic hydroxyl groups excluding tert-OH is 1. The summed E-state index contributed by atoms with van der Waals surface area (Å²) >= 11 is 0. The predicted molar refractivity (Wildman–Crippen MR) is 97.3 cm³/mol. The van der Waals surface area contributed by atoms with Gasteiger partial charge < -0.3 is 14.9 Å². The maximum Gasteiger partial charge on any atom is 0.272 e. The highest BCUT2D eigenvalue weighted by Crippen LogP contribution is 2.25. The van der Waals surface area contributed by atoms with Crippen molar-refractivity contribution >= 4 is 5.91 Å². The Hall–Kier alpha value is -1.50. The Labute approximate surface area is 150 Å². The molecule has 1 amide bonds. The zero-order valence-electron chi connectivity index (χ0n) is 15.4. The van der Waals surface area contributed by atoms with Crippen LogP contribution in [-0.4, -0.2) is 83.1 Å². The van der Waals surface area contributed by atoms with Gasteiger partial charge in [0.1, 0.15) is 5.69 Å². The first-order valence-electron chi connectivity index (χ1n) is 9.36. The van der Waals surface area contributed by atoms with Crippen LogP contribution in [-0.2, 0) is 6.61 Å². The maximum atomic E-state index is 12.6. The number of piperidine rings is 1. The van der Waals surface area contributed by atoms with Gasteiger partial charge in [-0.05, 0) is 50.4 Å². The fourth-order valence-electron chi connectivity index (χ4n) is 3.96. The van der Waals surface area contributed by atoms with Gasteiger partial charge in [0, 0.05) is 51.5 Å². The number of rotatable bonds is 4. The summed E-state index contributed by atoms with van der Waals surface area (Å²) in [7, 11) is 2.19. The average Bonchev–Trinajstić information content (AvgIpc) is 2.67. The van der Waals surface area contributed by atoms with E-state index in [1.165, 1.54) is 0 Å². The van der Waals surface area contributed by atoms with E-state index in [1.54, 1.807) is 18.3 Å². The Morgan fingerprint density at radius 2 is 1.92 bits per heavy atom. The normalized spacial score (nSPS) is 22.1. The molecule has 138 valence electrons.